The van der Waals surface area contributed by atoms with Gasteiger partial charge in [0, 0.05) is 32.0 Å². The van der Waals surface area contributed by atoms with Gasteiger partial charge in [0.05, 0.1) is 0 Å². The van der Waals surface area contributed by atoms with Crippen molar-refractivity contribution in [2.45, 2.75) is 0 Å². The van der Waals surface area contributed by atoms with Crippen LogP contribution < -0.4 is 15.1 Å². The molecule has 0 aromatic carbocycles. The van der Waals surface area contributed by atoms with Gasteiger partial charge in [-0.3, -0.25) is 0 Å². The predicted octanol–water partition coefficient (Wildman–Crippen LogP) is 2.74. The molecule has 1 aromatic rings. The fraction of sp³-hybridized carbons (Fsp3) is 0.188. The van der Waals surface area contributed by atoms with Gasteiger partial charge >= 0.3 is 0 Å². The maximum atomic E-state index is 4.45. The van der Waals surface area contributed by atoms with Crippen LogP contribution in [0.5, 0.6) is 0 Å². The second-order valence-electron chi connectivity index (χ2n) is 4.18. The molecule has 0 radical (unpaired) electrons. The summed E-state index contributed by atoms with van der Waals surface area (Å²) < 4.78 is 0. The molecule has 1 heterocycles. The standard InChI is InChI=1S/C16H22N6/c1-6-11-17-14-18-15(21(9-4)12-7-2)20-16(19-14)22(10-5)13-8-3/h6-10H,1-5,11-13H2,(H,17,18,19,20). The molecule has 0 saturated heterocycles. The van der Waals surface area contributed by atoms with Crippen LogP contribution in [0, 0.1) is 0 Å². The predicted molar refractivity (Wildman–Crippen MR) is 94.0 cm³/mol. The maximum absolute atomic E-state index is 4.45. The van der Waals surface area contributed by atoms with E-state index >= 15 is 0 Å². The van der Waals surface area contributed by atoms with Gasteiger partial charge in [-0.2, -0.15) is 15.0 Å². The number of aromatic nitrogens is 3. The van der Waals surface area contributed by atoms with Gasteiger partial charge in [-0.25, -0.2) is 0 Å². The Bertz CT molecular complexity index is 511. The fourth-order valence-corrected chi connectivity index (χ4v) is 1.61. The summed E-state index contributed by atoms with van der Waals surface area (Å²) in [5.41, 5.74) is 0. The number of nitrogens with zero attached hydrogens (tertiary/aromatic N) is 5. The Kier molecular flexibility index (Phi) is 7.12. The average molecular weight is 298 g/mol. The highest BCUT2D eigenvalue weighted by Gasteiger charge is 2.13. The molecular weight excluding hydrogens is 276 g/mol. The van der Waals surface area contributed by atoms with Crippen molar-refractivity contribution in [3.63, 3.8) is 0 Å². The minimum absolute atomic E-state index is 0.451. The molecule has 0 atom stereocenters. The van der Waals surface area contributed by atoms with Gasteiger partial charge in [-0.15, -0.1) is 19.7 Å². The summed E-state index contributed by atoms with van der Waals surface area (Å²) in [7, 11) is 0. The molecule has 6 heteroatoms. The number of rotatable bonds is 11. The zero-order valence-corrected chi connectivity index (χ0v) is 12.8. The Balaban J connectivity index is 3.26. The molecule has 0 amide bonds. The lowest BCUT2D eigenvalue weighted by Crippen LogP contribution is -2.24. The molecule has 0 fully saturated rings. The number of hydrogen-bond acceptors (Lipinski definition) is 6. The lowest BCUT2D eigenvalue weighted by molar-refractivity contribution is 0.907. The van der Waals surface area contributed by atoms with Crippen molar-refractivity contribution in [1.82, 2.24) is 15.0 Å². The van der Waals surface area contributed by atoms with Crippen LogP contribution in [0.25, 0.3) is 0 Å². The molecule has 0 saturated carbocycles. The molecular formula is C16H22N6. The van der Waals surface area contributed by atoms with Crippen molar-refractivity contribution < 1.29 is 0 Å². The molecule has 0 spiro atoms. The van der Waals surface area contributed by atoms with Crippen LogP contribution in [0.3, 0.4) is 0 Å². The Morgan fingerprint density at radius 2 is 1.27 bits per heavy atom. The van der Waals surface area contributed by atoms with Crippen LogP contribution in [-0.2, 0) is 0 Å². The number of nitrogens with one attached hydrogen (secondary N) is 1. The zero-order valence-electron chi connectivity index (χ0n) is 12.8. The van der Waals surface area contributed by atoms with E-state index in [1.54, 1.807) is 40.4 Å². The van der Waals surface area contributed by atoms with E-state index in [2.05, 4.69) is 53.2 Å². The third kappa shape index (κ3) is 4.59. The minimum Gasteiger partial charge on any atom is -0.351 e. The molecule has 22 heavy (non-hydrogen) atoms. The Labute approximate surface area is 131 Å². The summed E-state index contributed by atoms with van der Waals surface area (Å²) in [6.45, 7) is 20.3. The first kappa shape index (κ1) is 17.2. The normalized spacial score (nSPS) is 9.45. The topological polar surface area (TPSA) is 57.2 Å². The SMILES string of the molecule is C=CCNc1nc(N(C=C)CC=C)nc(N(C=C)CC=C)n1. The largest absolute Gasteiger partial charge is 0.351 e. The molecule has 6 nitrogen and oxygen atoms in total. The molecule has 116 valence electrons. The van der Waals surface area contributed by atoms with Crippen molar-refractivity contribution in [2.24, 2.45) is 0 Å². The van der Waals surface area contributed by atoms with E-state index in [-0.39, 0.29) is 0 Å². The van der Waals surface area contributed by atoms with Crippen molar-refractivity contribution in [1.29, 1.82) is 0 Å². The monoisotopic (exact) mass is 298 g/mol. The summed E-state index contributed by atoms with van der Waals surface area (Å²) in [5, 5.41) is 3.06. The molecule has 1 aromatic heterocycles. The molecule has 1 rings (SSSR count). The second kappa shape index (κ2) is 9.12. The summed E-state index contributed by atoms with van der Waals surface area (Å²) in [4.78, 5) is 16.7. The van der Waals surface area contributed by atoms with E-state index in [1.165, 1.54) is 0 Å². The van der Waals surface area contributed by atoms with E-state index in [0.29, 0.717) is 37.5 Å². The third-order valence-corrected chi connectivity index (χ3v) is 2.62. The smallest absolute Gasteiger partial charge is 0.236 e. The molecule has 1 N–H and O–H groups in total. The lowest BCUT2D eigenvalue weighted by Gasteiger charge is -2.21. The van der Waals surface area contributed by atoms with Crippen LogP contribution in [-0.4, -0.2) is 34.6 Å². The van der Waals surface area contributed by atoms with E-state index in [9.17, 15) is 0 Å². The first-order valence-electron chi connectivity index (χ1n) is 6.81. The van der Waals surface area contributed by atoms with E-state index in [4.69, 9.17) is 0 Å². The summed E-state index contributed by atoms with van der Waals surface area (Å²) in [6, 6.07) is 0. The molecule has 0 aliphatic carbocycles. The van der Waals surface area contributed by atoms with E-state index in [1.807, 2.05) is 0 Å². The molecule has 0 aliphatic heterocycles. The Hall–Kier alpha value is -2.89. The molecule has 0 bridgehead atoms. The van der Waals surface area contributed by atoms with Gasteiger partial charge in [-0.05, 0) is 0 Å². The summed E-state index contributed by atoms with van der Waals surface area (Å²) in [5.74, 6) is 1.40. The fourth-order valence-electron chi connectivity index (χ4n) is 1.61. The molecule has 0 aliphatic rings. The van der Waals surface area contributed by atoms with Crippen molar-refractivity contribution >= 4 is 17.8 Å². The third-order valence-electron chi connectivity index (χ3n) is 2.62. The molecule has 0 unspecified atom stereocenters. The van der Waals surface area contributed by atoms with Gasteiger partial charge < -0.3 is 15.1 Å². The van der Waals surface area contributed by atoms with Gasteiger partial charge in [0.25, 0.3) is 0 Å². The minimum atomic E-state index is 0.451. The Morgan fingerprint density at radius 3 is 1.64 bits per heavy atom. The number of anilines is 3. The van der Waals surface area contributed by atoms with Gasteiger partial charge in [-0.1, -0.05) is 31.4 Å². The summed E-state index contributed by atoms with van der Waals surface area (Å²) in [6.07, 6.45) is 8.51. The van der Waals surface area contributed by atoms with Gasteiger partial charge in [0.15, 0.2) is 0 Å². The van der Waals surface area contributed by atoms with Crippen molar-refractivity contribution in [2.75, 3.05) is 34.8 Å². The van der Waals surface area contributed by atoms with Gasteiger partial charge in [0.2, 0.25) is 17.8 Å². The van der Waals surface area contributed by atoms with Crippen molar-refractivity contribution in [3.8, 4) is 0 Å². The van der Waals surface area contributed by atoms with E-state index in [0.717, 1.165) is 0 Å². The second-order valence-corrected chi connectivity index (χ2v) is 4.18. The van der Waals surface area contributed by atoms with Crippen LogP contribution >= 0.6 is 0 Å². The number of hydrogen-bond donors (Lipinski definition) is 1. The highest BCUT2D eigenvalue weighted by Crippen LogP contribution is 2.17. The highest BCUT2D eigenvalue weighted by molar-refractivity contribution is 5.48. The van der Waals surface area contributed by atoms with Crippen molar-refractivity contribution in [3.05, 3.63) is 63.5 Å². The van der Waals surface area contributed by atoms with Crippen LogP contribution in [0.1, 0.15) is 0 Å². The quantitative estimate of drug-likeness (QED) is 0.634. The summed E-state index contributed by atoms with van der Waals surface area (Å²) >= 11 is 0. The Morgan fingerprint density at radius 1 is 0.773 bits per heavy atom. The van der Waals surface area contributed by atoms with Crippen LogP contribution in [0.2, 0.25) is 0 Å². The van der Waals surface area contributed by atoms with Crippen LogP contribution in [0.4, 0.5) is 17.8 Å². The zero-order chi connectivity index (χ0) is 16.4. The van der Waals surface area contributed by atoms with Gasteiger partial charge in [0.1, 0.15) is 0 Å². The highest BCUT2D eigenvalue weighted by atomic mass is 15.4. The van der Waals surface area contributed by atoms with E-state index < -0.39 is 0 Å². The first-order valence-corrected chi connectivity index (χ1v) is 6.81. The maximum Gasteiger partial charge on any atom is 0.236 e. The first-order chi connectivity index (χ1) is 10.7. The average Bonchev–Trinajstić information content (AvgIpc) is 2.55. The lowest BCUT2D eigenvalue weighted by atomic mass is 10.5. The van der Waals surface area contributed by atoms with Crippen LogP contribution in [0.15, 0.2) is 63.5 Å².